The molecule has 1 aromatic rings. The van der Waals surface area contributed by atoms with Crippen LogP contribution in [0.4, 0.5) is 0 Å². The zero-order chi connectivity index (χ0) is 14.5. The number of aliphatic carboxylic acids is 1. The van der Waals surface area contributed by atoms with Crippen LogP contribution in [0.25, 0.3) is 0 Å². The van der Waals surface area contributed by atoms with E-state index in [1.807, 2.05) is 0 Å². The number of hydrogen-bond donors (Lipinski definition) is 2. The highest BCUT2D eigenvalue weighted by Crippen LogP contribution is 2.24. The van der Waals surface area contributed by atoms with Gasteiger partial charge >= 0.3 is 5.97 Å². The maximum absolute atomic E-state index is 10.4. The van der Waals surface area contributed by atoms with Crippen LogP contribution in [-0.4, -0.2) is 17.6 Å². The summed E-state index contributed by atoms with van der Waals surface area (Å²) in [5, 5.41) is 11.8. The SMILES string of the molecule is Cc1cc(C(C)(C)C)ccc1CNCCCC(=O)O. The van der Waals surface area contributed by atoms with Crippen LogP contribution in [0.5, 0.6) is 0 Å². The number of carbonyl (C=O) groups is 1. The van der Waals surface area contributed by atoms with E-state index in [9.17, 15) is 4.79 Å². The average molecular weight is 263 g/mol. The van der Waals surface area contributed by atoms with Gasteiger partial charge in [-0.2, -0.15) is 0 Å². The van der Waals surface area contributed by atoms with Gasteiger partial charge in [0.1, 0.15) is 0 Å². The molecule has 19 heavy (non-hydrogen) atoms. The van der Waals surface area contributed by atoms with E-state index in [0.29, 0.717) is 6.42 Å². The summed E-state index contributed by atoms with van der Waals surface area (Å²) in [7, 11) is 0. The fourth-order valence-electron chi connectivity index (χ4n) is 1.95. The first kappa shape index (κ1) is 15.7. The highest BCUT2D eigenvalue weighted by molar-refractivity contribution is 5.66. The largest absolute Gasteiger partial charge is 0.481 e. The van der Waals surface area contributed by atoms with Crippen molar-refractivity contribution in [3.8, 4) is 0 Å². The Morgan fingerprint density at radius 2 is 2.00 bits per heavy atom. The molecule has 0 amide bonds. The molecule has 0 bridgehead atoms. The number of carboxylic acids is 1. The fraction of sp³-hybridized carbons (Fsp3) is 0.562. The molecule has 2 N–H and O–H groups in total. The Balaban J connectivity index is 2.49. The molecule has 0 radical (unpaired) electrons. The van der Waals surface area contributed by atoms with Crippen LogP contribution in [0.2, 0.25) is 0 Å². The Hall–Kier alpha value is -1.35. The van der Waals surface area contributed by atoms with Gasteiger partial charge in [0.05, 0.1) is 0 Å². The van der Waals surface area contributed by atoms with Gasteiger partial charge in [-0.1, -0.05) is 39.0 Å². The van der Waals surface area contributed by atoms with Gasteiger partial charge in [0.15, 0.2) is 0 Å². The van der Waals surface area contributed by atoms with E-state index < -0.39 is 5.97 Å². The van der Waals surface area contributed by atoms with Gasteiger partial charge in [-0.15, -0.1) is 0 Å². The number of hydrogen-bond acceptors (Lipinski definition) is 2. The zero-order valence-electron chi connectivity index (χ0n) is 12.4. The molecule has 0 heterocycles. The molecule has 106 valence electrons. The highest BCUT2D eigenvalue weighted by atomic mass is 16.4. The highest BCUT2D eigenvalue weighted by Gasteiger charge is 2.14. The molecule has 0 fully saturated rings. The molecule has 1 aromatic carbocycles. The van der Waals surface area contributed by atoms with Crippen LogP contribution in [0, 0.1) is 6.92 Å². The summed E-state index contributed by atoms with van der Waals surface area (Å²) < 4.78 is 0. The number of carboxylic acid groups (broad SMARTS) is 1. The first-order chi connectivity index (χ1) is 8.80. The minimum Gasteiger partial charge on any atom is -0.481 e. The Labute approximate surface area is 116 Å². The van der Waals surface area contributed by atoms with Gasteiger partial charge in [-0.05, 0) is 42.0 Å². The van der Waals surface area contributed by atoms with E-state index in [0.717, 1.165) is 13.1 Å². The first-order valence-corrected chi connectivity index (χ1v) is 6.83. The Morgan fingerprint density at radius 1 is 1.32 bits per heavy atom. The van der Waals surface area contributed by atoms with Crippen LogP contribution in [-0.2, 0) is 16.8 Å². The maximum atomic E-state index is 10.4. The van der Waals surface area contributed by atoms with Crippen molar-refractivity contribution in [3.05, 3.63) is 34.9 Å². The van der Waals surface area contributed by atoms with Crippen LogP contribution in [0.15, 0.2) is 18.2 Å². The smallest absolute Gasteiger partial charge is 0.303 e. The van der Waals surface area contributed by atoms with E-state index in [1.54, 1.807) is 0 Å². The lowest BCUT2D eigenvalue weighted by molar-refractivity contribution is -0.137. The predicted octanol–water partition coefficient (Wildman–Crippen LogP) is 3.25. The third-order valence-electron chi connectivity index (χ3n) is 3.27. The third kappa shape index (κ3) is 5.43. The fourth-order valence-corrected chi connectivity index (χ4v) is 1.95. The molecule has 0 unspecified atom stereocenters. The topological polar surface area (TPSA) is 49.3 Å². The molecule has 0 saturated heterocycles. The molecule has 3 heteroatoms. The molecule has 3 nitrogen and oxygen atoms in total. The number of rotatable bonds is 6. The average Bonchev–Trinajstić information content (AvgIpc) is 2.28. The lowest BCUT2D eigenvalue weighted by Crippen LogP contribution is -2.17. The zero-order valence-corrected chi connectivity index (χ0v) is 12.4. The van der Waals surface area contributed by atoms with Crippen molar-refractivity contribution in [2.75, 3.05) is 6.54 Å². The van der Waals surface area contributed by atoms with Crippen molar-refractivity contribution in [2.45, 2.75) is 52.5 Å². The maximum Gasteiger partial charge on any atom is 0.303 e. The van der Waals surface area contributed by atoms with E-state index in [4.69, 9.17) is 5.11 Å². The second kappa shape index (κ2) is 6.71. The monoisotopic (exact) mass is 263 g/mol. The predicted molar refractivity (Wildman–Crippen MR) is 78.5 cm³/mol. The molecule has 0 aromatic heterocycles. The quantitative estimate of drug-likeness (QED) is 0.775. The van der Waals surface area contributed by atoms with E-state index >= 15 is 0 Å². The molecule has 0 aliphatic heterocycles. The lowest BCUT2D eigenvalue weighted by atomic mass is 9.85. The number of benzene rings is 1. The van der Waals surface area contributed by atoms with Crippen molar-refractivity contribution < 1.29 is 9.90 Å². The molecule has 0 spiro atoms. The second-order valence-corrected chi connectivity index (χ2v) is 6.07. The van der Waals surface area contributed by atoms with Crippen molar-refractivity contribution in [1.82, 2.24) is 5.32 Å². The van der Waals surface area contributed by atoms with Crippen LogP contribution in [0.3, 0.4) is 0 Å². The van der Waals surface area contributed by atoms with E-state index in [2.05, 4.69) is 51.2 Å². The Kier molecular flexibility index (Phi) is 5.55. The standard InChI is InChI=1S/C16H25NO2/c1-12-10-14(16(2,3)4)8-7-13(12)11-17-9-5-6-15(18)19/h7-8,10,17H,5-6,9,11H2,1-4H3,(H,18,19). The summed E-state index contributed by atoms with van der Waals surface area (Å²) in [6.45, 7) is 10.3. The van der Waals surface area contributed by atoms with Gasteiger partial charge in [0.25, 0.3) is 0 Å². The Bertz CT molecular complexity index is 433. The summed E-state index contributed by atoms with van der Waals surface area (Å²) in [6.07, 6.45) is 0.906. The first-order valence-electron chi connectivity index (χ1n) is 6.83. The second-order valence-electron chi connectivity index (χ2n) is 6.07. The van der Waals surface area contributed by atoms with Crippen molar-refractivity contribution in [3.63, 3.8) is 0 Å². The Morgan fingerprint density at radius 3 is 2.53 bits per heavy atom. The molecule has 0 saturated carbocycles. The summed E-state index contributed by atoms with van der Waals surface area (Å²) >= 11 is 0. The molecular weight excluding hydrogens is 238 g/mol. The van der Waals surface area contributed by atoms with E-state index in [1.165, 1.54) is 16.7 Å². The van der Waals surface area contributed by atoms with Crippen LogP contribution in [0.1, 0.15) is 50.3 Å². The summed E-state index contributed by atoms with van der Waals surface area (Å²) in [4.78, 5) is 10.4. The van der Waals surface area contributed by atoms with Gasteiger partial charge in [-0.3, -0.25) is 4.79 Å². The number of nitrogens with one attached hydrogen (secondary N) is 1. The van der Waals surface area contributed by atoms with Crippen LogP contribution < -0.4 is 5.32 Å². The van der Waals surface area contributed by atoms with E-state index in [-0.39, 0.29) is 11.8 Å². The number of aryl methyl sites for hydroxylation is 1. The van der Waals surface area contributed by atoms with Gasteiger partial charge in [0, 0.05) is 13.0 Å². The lowest BCUT2D eigenvalue weighted by Gasteiger charge is -2.20. The summed E-state index contributed by atoms with van der Waals surface area (Å²) in [5.41, 5.74) is 4.10. The summed E-state index contributed by atoms with van der Waals surface area (Å²) in [6, 6.07) is 6.59. The van der Waals surface area contributed by atoms with Gasteiger partial charge < -0.3 is 10.4 Å². The van der Waals surface area contributed by atoms with Crippen molar-refractivity contribution in [2.24, 2.45) is 0 Å². The molecular formula is C16H25NO2. The molecule has 0 aliphatic rings. The minimum atomic E-state index is -0.729. The molecule has 0 aliphatic carbocycles. The molecule has 0 atom stereocenters. The minimum absolute atomic E-state index is 0.179. The van der Waals surface area contributed by atoms with Crippen LogP contribution >= 0.6 is 0 Å². The summed E-state index contributed by atoms with van der Waals surface area (Å²) in [5.74, 6) is -0.729. The van der Waals surface area contributed by atoms with Crippen molar-refractivity contribution >= 4 is 5.97 Å². The normalized spacial score (nSPS) is 11.6. The van der Waals surface area contributed by atoms with Gasteiger partial charge in [-0.25, -0.2) is 0 Å². The van der Waals surface area contributed by atoms with Crippen molar-refractivity contribution in [1.29, 1.82) is 0 Å². The molecule has 1 rings (SSSR count). The third-order valence-corrected chi connectivity index (χ3v) is 3.27. The van der Waals surface area contributed by atoms with Gasteiger partial charge in [0.2, 0.25) is 0 Å².